The smallest absolute Gasteiger partial charge is 0.239 e. The Morgan fingerprint density at radius 2 is 2.25 bits per heavy atom. The molecule has 0 atom stereocenters. The molecule has 2 heterocycles. The highest BCUT2D eigenvalue weighted by Gasteiger charge is 2.15. The quantitative estimate of drug-likeness (QED) is 0.654. The molecule has 1 aromatic carbocycles. The van der Waals surface area contributed by atoms with Gasteiger partial charge in [0.25, 0.3) is 0 Å². The van der Waals surface area contributed by atoms with Gasteiger partial charge in [0, 0.05) is 12.1 Å². The molecule has 1 aromatic heterocycles. The summed E-state index contributed by atoms with van der Waals surface area (Å²) in [6.45, 7) is 1.93. The molecule has 4 N–H and O–H groups in total. The van der Waals surface area contributed by atoms with Gasteiger partial charge in [0.05, 0.1) is 0 Å². The minimum atomic E-state index is 0.293. The molecule has 0 bridgehead atoms. The molecule has 0 aliphatic carbocycles. The van der Waals surface area contributed by atoms with Crippen molar-refractivity contribution < 1.29 is 0 Å². The van der Waals surface area contributed by atoms with E-state index in [0.717, 1.165) is 30.9 Å². The van der Waals surface area contributed by atoms with Gasteiger partial charge in [-0.3, -0.25) is 5.10 Å². The second kappa shape index (κ2) is 3.61. The van der Waals surface area contributed by atoms with Crippen LogP contribution in [0, 0.1) is 0 Å². The van der Waals surface area contributed by atoms with Crippen molar-refractivity contribution in [1.29, 1.82) is 0 Å². The lowest BCUT2D eigenvalue weighted by atomic mass is 9.95. The molecule has 16 heavy (non-hydrogen) atoms. The number of fused-ring (bicyclic) bond motifs is 1. The van der Waals surface area contributed by atoms with Gasteiger partial charge in [-0.2, -0.15) is 4.98 Å². The van der Waals surface area contributed by atoms with Crippen molar-refractivity contribution in [2.45, 2.75) is 13.0 Å². The predicted molar refractivity (Wildman–Crippen MR) is 61.6 cm³/mol. The lowest BCUT2D eigenvalue weighted by Crippen LogP contribution is -2.24. The summed E-state index contributed by atoms with van der Waals surface area (Å²) in [5.74, 6) is 1.05. The van der Waals surface area contributed by atoms with E-state index in [4.69, 9.17) is 5.73 Å². The Hall–Kier alpha value is -1.88. The van der Waals surface area contributed by atoms with Crippen LogP contribution in [0.3, 0.4) is 0 Å². The van der Waals surface area contributed by atoms with Crippen LogP contribution in [0.15, 0.2) is 18.2 Å². The maximum absolute atomic E-state index is 5.53. The molecule has 0 saturated carbocycles. The first-order chi connectivity index (χ1) is 7.84. The van der Waals surface area contributed by atoms with E-state index in [1.165, 1.54) is 11.1 Å². The number of rotatable bonds is 1. The first-order valence-electron chi connectivity index (χ1n) is 5.34. The highest BCUT2D eigenvalue weighted by Crippen LogP contribution is 2.25. The molecule has 5 heteroatoms. The molecule has 5 nitrogen and oxygen atoms in total. The van der Waals surface area contributed by atoms with Crippen molar-refractivity contribution in [2.75, 3.05) is 12.3 Å². The van der Waals surface area contributed by atoms with Gasteiger partial charge < -0.3 is 11.1 Å². The molecule has 3 rings (SSSR count). The average molecular weight is 215 g/mol. The number of aromatic nitrogens is 3. The minimum absolute atomic E-state index is 0.293. The van der Waals surface area contributed by atoms with E-state index in [-0.39, 0.29) is 0 Å². The van der Waals surface area contributed by atoms with Crippen LogP contribution in [0.1, 0.15) is 11.1 Å². The van der Waals surface area contributed by atoms with Crippen molar-refractivity contribution in [3.05, 3.63) is 29.3 Å². The number of nitrogens with zero attached hydrogens (tertiary/aromatic N) is 2. The lowest BCUT2D eigenvalue weighted by molar-refractivity contribution is 0.644. The third-order valence-electron chi connectivity index (χ3n) is 2.90. The van der Waals surface area contributed by atoms with Crippen LogP contribution in [-0.2, 0) is 13.0 Å². The van der Waals surface area contributed by atoms with E-state index < -0.39 is 0 Å². The first kappa shape index (κ1) is 9.35. The van der Waals surface area contributed by atoms with Gasteiger partial charge >= 0.3 is 0 Å². The number of H-pyrrole nitrogens is 1. The van der Waals surface area contributed by atoms with Crippen molar-refractivity contribution in [3.8, 4) is 11.4 Å². The van der Waals surface area contributed by atoms with Crippen LogP contribution >= 0.6 is 0 Å². The lowest BCUT2D eigenvalue weighted by Gasteiger charge is -2.19. The summed E-state index contributed by atoms with van der Waals surface area (Å²) >= 11 is 0. The van der Waals surface area contributed by atoms with Crippen LogP contribution in [0.2, 0.25) is 0 Å². The number of nitrogens with one attached hydrogen (secondary N) is 2. The molecular formula is C11H13N5. The Morgan fingerprint density at radius 3 is 3.06 bits per heavy atom. The maximum atomic E-state index is 5.53. The standard InChI is InChI=1S/C11H13N5/c12-11-14-10(15-16-11)9-3-1-2-7-6-13-5-4-8(7)9/h1-3,13H,4-6H2,(H3,12,14,15,16). The topological polar surface area (TPSA) is 79.6 Å². The fourth-order valence-corrected chi connectivity index (χ4v) is 2.15. The number of hydrogen-bond donors (Lipinski definition) is 3. The number of anilines is 1. The number of benzene rings is 1. The highest BCUT2D eigenvalue weighted by molar-refractivity contribution is 5.63. The van der Waals surface area contributed by atoms with E-state index in [9.17, 15) is 0 Å². The number of nitrogens with two attached hydrogens (primary N) is 1. The van der Waals surface area contributed by atoms with Gasteiger partial charge in [-0.1, -0.05) is 18.2 Å². The van der Waals surface area contributed by atoms with Gasteiger partial charge in [-0.25, -0.2) is 0 Å². The van der Waals surface area contributed by atoms with Crippen molar-refractivity contribution in [2.24, 2.45) is 0 Å². The maximum Gasteiger partial charge on any atom is 0.239 e. The third-order valence-corrected chi connectivity index (χ3v) is 2.90. The molecule has 82 valence electrons. The largest absolute Gasteiger partial charge is 0.366 e. The number of hydrogen-bond acceptors (Lipinski definition) is 4. The molecule has 0 spiro atoms. The zero-order valence-corrected chi connectivity index (χ0v) is 8.83. The van der Waals surface area contributed by atoms with Gasteiger partial charge in [0.1, 0.15) is 0 Å². The molecule has 0 amide bonds. The van der Waals surface area contributed by atoms with Gasteiger partial charge in [0.15, 0.2) is 5.82 Å². The summed E-state index contributed by atoms with van der Waals surface area (Å²) in [6.07, 6.45) is 1.02. The van der Waals surface area contributed by atoms with Crippen LogP contribution in [0.5, 0.6) is 0 Å². The summed E-state index contributed by atoms with van der Waals surface area (Å²) in [7, 11) is 0. The second-order valence-electron chi connectivity index (χ2n) is 3.91. The predicted octanol–water partition coefficient (Wildman–Crippen LogP) is 0.700. The Bertz CT molecular complexity index is 517. The molecule has 0 unspecified atom stereocenters. The minimum Gasteiger partial charge on any atom is -0.366 e. The normalized spacial score (nSPS) is 14.8. The Morgan fingerprint density at radius 1 is 1.31 bits per heavy atom. The van der Waals surface area contributed by atoms with Crippen molar-refractivity contribution >= 4 is 5.95 Å². The number of nitrogen functional groups attached to an aromatic ring is 1. The third kappa shape index (κ3) is 1.45. The Balaban J connectivity index is 2.13. The second-order valence-corrected chi connectivity index (χ2v) is 3.91. The molecule has 0 saturated heterocycles. The van der Waals surface area contributed by atoms with Gasteiger partial charge in [0.2, 0.25) is 5.95 Å². The summed E-state index contributed by atoms with van der Waals surface area (Å²) in [4.78, 5) is 4.18. The molecular weight excluding hydrogens is 202 g/mol. The fraction of sp³-hybridized carbons (Fsp3) is 0.273. The van der Waals surface area contributed by atoms with Crippen molar-refractivity contribution in [1.82, 2.24) is 20.5 Å². The van der Waals surface area contributed by atoms with E-state index in [1.54, 1.807) is 0 Å². The molecule has 1 aliphatic heterocycles. The number of aromatic amines is 1. The summed E-state index contributed by atoms with van der Waals surface area (Å²) in [5, 5.41) is 10.1. The van der Waals surface area contributed by atoms with E-state index in [0.29, 0.717) is 5.95 Å². The summed E-state index contributed by atoms with van der Waals surface area (Å²) < 4.78 is 0. The van der Waals surface area contributed by atoms with Crippen LogP contribution in [-0.4, -0.2) is 21.7 Å². The molecule has 2 aromatic rings. The SMILES string of the molecule is Nc1n[nH]c(-c2cccc3c2CCNC3)n1. The van der Waals surface area contributed by atoms with Crippen LogP contribution in [0.25, 0.3) is 11.4 Å². The van der Waals surface area contributed by atoms with Crippen LogP contribution in [0.4, 0.5) is 5.95 Å². The Labute approximate surface area is 93.1 Å². The van der Waals surface area contributed by atoms with Crippen LogP contribution < -0.4 is 11.1 Å². The van der Waals surface area contributed by atoms with Gasteiger partial charge in [-0.05, 0) is 24.1 Å². The van der Waals surface area contributed by atoms with E-state index >= 15 is 0 Å². The summed E-state index contributed by atoms with van der Waals surface area (Å²) in [5.41, 5.74) is 9.32. The Kier molecular flexibility index (Phi) is 2.11. The fourth-order valence-electron chi connectivity index (χ4n) is 2.15. The average Bonchev–Trinajstić information content (AvgIpc) is 2.75. The van der Waals surface area contributed by atoms with Gasteiger partial charge in [-0.15, -0.1) is 5.10 Å². The molecule has 0 fully saturated rings. The monoisotopic (exact) mass is 215 g/mol. The van der Waals surface area contributed by atoms with E-state index in [1.807, 2.05) is 6.07 Å². The zero-order valence-electron chi connectivity index (χ0n) is 8.83. The molecule has 0 radical (unpaired) electrons. The zero-order chi connectivity index (χ0) is 11.0. The highest BCUT2D eigenvalue weighted by atomic mass is 15.3. The summed E-state index contributed by atoms with van der Waals surface area (Å²) in [6, 6.07) is 6.24. The van der Waals surface area contributed by atoms with Crippen molar-refractivity contribution in [3.63, 3.8) is 0 Å². The van der Waals surface area contributed by atoms with E-state index in [2.05, 4.69) is 32.6 Å². The molecule has 1 aliphatic rings. The first-order valence-corrected chi connectivity index (χ1v) is 5.34.